The van der Waals surface area contributed by atoms with Gasteiger partial charge in [0.1, 0.15) is 5.75 Å². The molecule has 134 valence electrons. The Morgan fingerprint density at radius 3 is 2.92 bits per heavy atom. The molecule has 1 aliphatic heterocycles. The first-order valence-corrected chi connectivity index (χ1v) is 8.83. The molecule has 1 fully saturated rings. The van der Waals surface area contributed by atoms with E-state index in [-0.39, 0.29) is 11.9 Å². The summed E-state index contributed by atoms with van der Waals surface area (Å²) in [6, 6.07) is 7.93. The van der Waals surface area contributed by atoms with Gasteiger partial charge < -0.3 is 15.0 Å². The monoisotopic (exact) mass is 342 g/mol. The zero-order chi connectivity index (χ0) is 17.8. The van der Waals surface area contributed by atoms with Crippen molar-refractivity contribution in [3.63, 3.8) is 0 Å². The maximum atomic E-state index is 12.6. The van der Waals surface area contributed by atoms with Crippen molar-refractivity contribution in [2.75, 3.05) is 18.0 Å². The van der Waals surface area contributed by atoms with Crippen molar-refractivity contribution in [1.29, 1.82) is 0 Å². The SMILES string of the molecule is CC[C@H](Oc1ccccc1C)C(=O)N[C@H]1CCN(c2cnn(C)c2)C1. The fourth-order valence-corrected chi connectivity index (χ4v) is 3.14. The third kappa shape index (κ3) is 4.13. The van der Waals surface area contributed by atoms with Gasteiger partial charge in [0.25, 0.3) is 5.91 Å². The molecular formula is C19H26N4O2. The number of hydrogen-bond acceptors (Lipinski definition) is 4. The molecule has 6 nitrogen and oxygen atoms in total. The Labute approximate surface area is 148 Å². The minimum absolute atomic E-state index is 0.0382. The first kappa shape index (κ1) is 17.3. The molecule has 0 bridgehead atoms. The van der Waals surface area contributed by atoms with Crippen LogP contribution in [0.2, 0.25) is 0 Å². The molecule has 2 aromatic rings. The van der Waals surface area contributed by atoms with Gasteiger partial charge in [-0.25, -0.2) is 0 Å². The molecule has 2 heterocycles. The molecule has 1 N–H and O–H groups in total. The van der Waals surface area contributed by atoms with Gasteiger partial charge in [0, 0.05) is 32.4 Å². The maximum Gasteiger partial charge on any atom is 0.261 e. The highest BCUT2D eigenvalue weighted by atomic mass is 16.5. The Bertz CT molecular complexity index is 728. The second kappa shape index (κ2) is 7.59. The standard InChI is InChI=1S/C19H26N4O2/c1-4-17(25-18-8-6-5-7-14(18)2)19(24)21-15-9-10-23(12-15)16-11-20-22(3)13-16/h5-8,11,13,15,17H,4,9-10,12H2,1-3H3,(H,21,24)/t15-,17-/m0/s1. The third-order valence-electron chi connectivity index (χ3n) is 4.62. The number of nitrogens with one attached hydrogen (secondary N) is 1. The Kier molecular flexibility index (Phi) is 5.26. The molecular weight excluding hydrogens is 316 g/mol. The topological polar surface area (TPSA) is 59.4 Å². The number of rotatable bonds is 6. The predicted molar refractivity (Wildman–Crippen MR) is 97.9 cm³/mol. The van der Waals surface area contributed by atoms with Gasteiger partial charge in [0.15, 0.2) is 6.10 Å². The van der Waals surface area contributed by atoms with E-state index in [1.807, 2.05) is 57.6 Å². The van der Waals surface area contributed by atoms with Crippen LogP contribution in [-0.2, 0) is 11.8 Å². The number of nitrogens with zero attached hydrogens (tertiary/aromatic N) is 3. The van der Waals surface area contributed by atoms with Crippen LogP contribution in [0, 0.1) is 6.92 Å². The first-order valence-electron chi connectivity index (χ1n) is 8.83. The van der Waals surface area contributed by atoms with Crippen molar-refractivity contribution < 1.29 is 9.53 Å². The molecule has 0 unspecified atom stereocenters. The van der Waals surface area contributed by atoms with Crippen LogP contribution in [0.3, 0.4) is 0 Å². The van der Waals surface area contributed by atoms with Crippen LogP contribution < -0.4 is 15.0 Å². The normalized spacial score (nSPS) is 18.2. The van der Waals surface area contributed by atoms with E-state index >= 15 is 0 Å². The van der Waals surface area contributed by atoms with Gasteiger partial charge in [-0.2, -0.15) is 5.10 Å². The summed E-state index contributed by atoms with van der Waals surface area (Å²) in [5.74, 6) is 0.733. The van der Waals surface area contributed by atoms with Gasteiger partial charge in [-0.15, -0.1) is 0 Å². The molecule has 1 aliphatic rings. The molecule has 0 saturated carbocycles. The second-order valence-electron chi connectivity index (χ2n) is 6.59. The first-order chi connectivity index (χ1) is 12.1. The quantitative estimate of drug-likeness (QED) is 0.875. The summed E-state index contributed by atoms with van der Waals surface area (Å²) >= 11 is 0. The molecule has 3 rings (SSSR count). The number of aromatic nitrogens is 2. The Morgan fingerprint density at radius 1 is 1.44 bits per heavy atom. The van der Waals surface area contributed by atoms with E-state index in [9.17, 15) is 4.79 Å². The molecule has 1 aromatic heterocycles. The van der Waals surface area contributed by atoms with Crippen LogP contribution in [0.25, 0.3) is 0 Å². The summed E-state index contributed by atoms with van der Waals surface area (Å²) in [6.45, 7) is 5.69. The van der Waals surface area contributed by atoms with E-state index in [4.69, 9.17) is 4.74 Å². The van der Waals surface area contributed by atoms with Crippen LogP contribution in [0.1, 0.15) is 25.3 Å². The van der Waals surface area contributed by atoms with Crippen molar-refractivity contribution in [2.45, 2.75) is 38.8 Å². The molecule has 1 saturated heterocycles. The zero-order valence-corrected chi connectivity index (χ0v) is 15.1. The average Bonchev–Trinajstić information content (AvgIpc) is 3.23. The van der Waals surface area contributed by atoms with E-state index in [1.54, 1.807) is 4.68 Å². The van der Waals surface area contributed by atoms with Gasteiger partial charge in [-0.3, -0.25) is 9.48 Å². The fourth-order valence-electron chi connectivity index (χ4n) is 3.14. The number of aryl methyl sites for hydroxylation is 2. The van der Waals surface area contributed by atoms with Gasteiger partial charge in [-0.1, -0.05) is 25.1 Å². The summed E-state index contributed by atoms with van der Waals surface area (Å²) in [5.41, 5.74) is 2.14. The number of carbonyl (C=O) groups is 1. The molecule has 0 aliphatic carbocycles. The van der Waals surface area contributed by atoms with E-state index in [0.29, 0.717) is 6.42 Å². The van der Waals surface area contributed by atoms with Crippen molar-refractivity contribution in [3.05, 3.63) is 42.2 Å². The van der Waals surface area contributed by atoms with Gasteiger partial charge in [0.05, 0.1) is 11.9 Å². The molecule has 0 radical (unpaired) electrons. The lowest BCUT2D eigenvalue weighted by molar-refractivity contribution is -0.128. The summed E-state index contributed by atoms with van der Waals surface area (Å²) in [4.78, 5) is 14.9. The summed E-state index contributed by atoms with van der Waals surface area (Å²) in [7, 11) is 1.91. The third-order valence-corrected chi connectivity index (χ3v) is 4.62. The number of hydrogen-bond donors (Lipinski definition) is 1. The van der Waals surface area contributed by atoms with E-state index in [2.05, 4.69) is 15.3 Å². The molecule has 6 heteroatoms. The van der Waals surface area contributed by atoms with E-state index in [0.717, 1.165) is 36.5 Å². The smallest absolute Gasteiger partial charge is 0.261 e. The van der Waals surface area contributed by atoms with Gasteiger partial charge in [-0.05, 0) is 31.4 Å². The summed E-state index contributed by atoms with van der Waals surface area (Å²) in [6.07, 6.45) is 4.97. The molecule has 1 aromatic carbocycles. The van der Waals surface area contributed by atoms with Crippen LogP contribution in [0.5, 0.6) is 5.75 Å². The number of amides is 1. The Hall–Kier alpha value is -2.50. The van der Waals surface area contributed by atoms with Crippen LogP contribution >= 0.6 is 0 Å². The van der Waals surface area contributed by atoms with E-state index < -0.39 is 6.10 Å². The fraction of sp³-hybridized carbons (Fsp3) is 0.474. The van der Waals surface area contributed by atoms with Gasteiger partial charge >= 0.3 is 0 Å². The largest absolute Gasteiger partial charge is 0.480 e. The zero-order valence-electron chi connectivity index (χ0n) is 15.1. The number of para-hydroxylation sites is 1. The second-order valence-corrected chi connectivity index (χ2v) is 6.59. The lowest BCUT2D eigenvalue weighted by atomic mass is 10.2. The number of carbonyl (C=O) groups excluding carboxylic acids is 1. The van der Waals surface area contributed by atoms with Crippen molar-refractivity contribution >= 4 is 11.6 Å². The highest BCUT2D eigenvalue weighted by molar-refractivity contribution is 5.81. The highest BCUT2D eigenvalue weighted by Gasteiger charge is 2.28. The molecule has 25 heavy (non-hydrogen) atoms. The van der Waals surface area contributed by atoms with Crippen LogP contribution in [0.4, 0.5) is 5.69 Å². The predicted octanol–water partition coefficient (Wildman–Crippen LogP) is 2.28. The minimum atomic E-state index is -0.464. The number of ether oxygens (including phenoxy) is 1. The van der Waals surface area contributed by atoms with Crippen LogP contribution in [0.15, 0.2) is 36.7 Å². The average molecular weight is 342 g/mol. The molecule has 0 spiro atoms. The maximum absolute atomic E-state index is 12.6. The summed E-state index contributed by atoms with van der Waals surface area (Å²) in [5, 5.41) is 7.35. The lowest BCUT2D eigenvalue weighted by Crippen LogP contribution is -2.44. The highest BCUT2D eigenvalue weighted by Crippen LogP contribution is 2.21. The molecule has 1 amide bonds. The molecule has 2 atom stereocenters. The van der Waals surface area contributed by atoms with Crippen molar-refractivity contribution in [3.8, 4) is 5.75 Å². The Morgan fingerprint density at radius 2 is 2.24 bits per heavy atom. The number of benzene rings is 1. The van der Waals surface area contributed by atoms with Crippen molar-refractivity contribution in [2.24, 2.45) is 7.05 Å². The van der Waals surface area contributed by atoms with Crippen molar-refractivity contribution in [1.82, 2.24) is 15.1 Å². The van der Waals surface area contributed by atoms with Crippen LogP contribution in [-0.4, -0.2) is 40.9 Å². The van der Waals surface area contributed by atoms with Gasteiger partial charge in [0.2, 0.25) is 0 Å². The lowest BCUT2D eigenvalue weighted by Gasteiger charge is -2.21. The van der Waals surface area contributed by atoms with E-state index in [1.165, 1.54) is 0 Å². The minimum Gasteiger partial charge on any atom is -0.480 e. The Balaban J connectivity index is 1.56. The summed E-state index contributed by atoms with van der Waals surface area (Å²) < 4.78 is 7.74. The number of anilines is 1.